The molecule has 2 heterocycles. The molecule has 2 unspecified atom stereocenters. The monoisotopic (exact) mass is 358 g/mol. The molecule has 5 nitrogen and oxygen atoms in total. The second-order valence-electron chi connectivity index (χ2n) is 7.95. The number of amides is 1. The molecule has 2 fully saturated rings. The van der Waals surface area contributed by atoms with Gasteiger partial charge < -0.3 is 14.8 Å². The van der Waals surface area contributed by atoms with E-state index in [1.165, 1.54) is 44.1 Å². The number of ether oxygens (including phenoxy) is 2. The fourth-order valence-corrected chi connectivity index (χ4v) is 4.66. The zero-order valence-corrected chi connectivity index (χ0v) is 15.7. The minimum absolute atomic E-state index is 0.119. The molecule has 1 N–H and O–H groups in total. The van der Waals surface area contributed by atoms with Crippen LogP contribution >= 0.6 is 0 Å². The molecule has 0 radical (unpaired) electrons. The lowest BCUT2D eigenvalue weighted by molar-refractivity contribution is -0.126. The van der Waals surface area contributed by atoms with E-state index >= 15 is 0 Å². The lowest BCUT2D eigenvalue weighted by atomic mass is 9.92. The molecule has 4 rings (SSSR count). The Morgan fingerprint density at radius 1 is 1.15 bits per heavy atom. The highest BCUT2D eigenvalue weighted by Gasteiger charge is 2.29. The summed E-state index contributed by atoms with van der Waals surface area (Å²) in [6.07, 6.45) is 7.41. The van der Waals surface area contributed by atoms with Crippen LogP contribution in [0.4, 0.5) is 0 Å². The molecule has 26 heavy (non-hydrogen) atoms. The zero-order valence-electron chi connectivity index (χ0n) is 15.7. The van der Waals surface area contributed by atoms with Gasteiger partial charge in [-0.15, -0.1) is 0 Å². The summed E-state index contributed by atoms with van der Waals surface area (Å²) in [4.78, 5) is 15.2. The number of carbonyl (C=O) groups excluding carboxylic acids is 1. The van der Waals surface area contributed by atoms with E-state index in [0.29, 0.717) is 19.3 Å². The van der Waals surface area contributed by atoms with Gasteiger partial charge in [0.25, 0.3) is 0 Å². The van der Waals surface area contributed by atoms with E-state index in [0.717, 1.165) is 24.6 Å². The van der Waals surface area contributed by atoms with Crippen molar-refractivity contribution in [2.24, 2.45) is 11.8 Å². The van der Waals surface area contributed by atoms with Gasteiger partial charge in [-0.2, -0.15) is 0 Å². The smallest absolute Gasteiger partial charge is 0.231 e. The minimum atomic E-state index is 0.119. The molecule has 1 aromatic rings. The van der Waals surface area contributed by atoms with Crippen LogP contribution in [0.3, 0.4) is 0 Å². The molecule has 142 valence electrons. The van der Waals surface area contributed by atoms with Gasteiger partial charge in [-0.05, 0) is 62.4 Å². The first kappa shape index (κ1) is 17.7. The molecular formula is C21H30N2O3. The minimum Gasteiger partial charge on any atom is -0.454 e. The third-order valence-electron chi connectivity index (χ3n) is 6.35. The van der Waals surface area contributed by atoms with Gasteiger partial charge >= 0.3 is 0 Å². The quantitative estimate of drug-likeness (QED) is 0.846. The Hall–Kier alpha value is -1.75. The fourth-order valence-electron chi connectivity index (χ4n) is 4.66. The number of rotatable bonds is 6. The lowest BCUT2D eigenvalue weighted by Crippen LogP contribution is -2.40. The molecule has 2 aliphatic heterocycles. The van der Waals surface area contributed by atoms with Gasteiger partial charge in [0.1, 0.15) is 0 Å². The van der Waals surface area contributed by atoms with Gasteiger partial charge in [0, 0.05) is 12.5 Å². The second-order valence-corrected chi connectivity index (χ2v) is 7.95. The Balaban J connectivity index is 1.44. The summed E-state index contributed by atoms with van der Waals surface area (Å²) in [5.41, 5.74) is 1.20. The maximum Gasteiger partial charge on any atom is 0.231 e. The van der Waals surface area contributed by atoms with Crippen LogP contribution < -0.4 is 14.8 Å². The summed E-state index contributed by atoms with van der Waals surface area (Å²) in [6.45, 7) is 5.23. The molecule has 0 bridgehead atoms. The SMILES string of the molecule is CC(C(=O)NCC(c1ccc2c(c1)OCO2)N1CCCC1)C1CCCC1. The summed E-state index contributed by atoms with van der Waals surface area (Å²) in [6, 6.07) is 6.39. The predicted molar refractivity (Wildman–Crippen MR) is 100 cm³/mol. The van der Waals surface area contributed by atoms with Crippen molar-refractivity contribution in [1.82, 2.24) is 10.2 Å². The molecule has 0 aromatic heterocycles. The third-order valence-corrected chi connectivity index (χ3v) is 6.35. The first-order chi connectivity index (χ1) is 12.7. The molecule has 1 saturated carbocycles. The van der Waals surface area contributed by atoms with Gasteiger partial charge in [-0.25, -0.2) is 0 Å². The summed E-state index contributed by atoms with van der Waals surface area (Å²) in [5, 5.41) is 3.25. The second kappa shape index (κ2) is 7.87. The van der Waals surface area contributed by atoms with Gasteiger partial charge in [-0.3, -0.25) is 9.69 Å². The number of hydrogen-bond donors (Lipinski definition) is 1. The van der Waals surface area contributed by atoms with Crippen molar-refractivity contribution in [3.05, 3.63) is 23.8 Å². The van der Waals surface area contributed by atoms with Crippen molar-refractivity contribution in [1.29, 1.82) is 0 Å². The highest BCUT2D eigenvalue weighted by molar-refractivity contribution is 5.78. The molecule has 1 aliphatic carbocycles. The van der Waals surface area contributed by atoms with Crippen LogP contribution in [0.25, 0.3) is 0 Å². The largest absolute Gasteiger partial charge is 0.454 e. The van der Waals surface area contributed by atoms with Crippen LogP contribution in [0.1, 0.15) is 57.1 Å². The Morgan fingerprint density at radius 3 is 2.65 bits per heavy atom. The third kappa shape index (κ3) is 3.68. The normalized spacial score (nSPS) is 22.5. The number of benzene rings is 1. The number of nitrogens with one attached hydrogen (secondary N) is 1. The maximum absolute atomic E-state index is 12.7. The van der Waals surface area contributed by atoms with E-state index in [1.807, 2.05) is 6.07 Å². The molecule has 1 saturated heterocycles. The van der Waals surface area contributed by atoms with Crippen molar-refractivity contribution in [3.63, 3.8) is 0 Å². The number of carbonyl (C=O) groups is 1. The van der Waals surface area contributed by atoms with E-state index in [-0.39, 0.29) is 17.9 Å². The number of likely N-dealkylation sites (tertiary alicyclic amines) is 1. The zero-order chi connectivity index (χ0) is 17.9. The number of hydrogen-bond acceptors (Lipinski definition) is 4. The molecule has 2 atom stereocenters. The predicted octanol–water partition coefficient (Wildman–Crippen LogP) is 3.49. The highest BCUT2D eigenvalue weighted by Crippen LogP contribution is 2.36. The number of nitrogens with zero attached hydrogens (tertiary/aromatic N) is 1. The molecule has 3 aliphatic rings. The Labute approximate surface area is 156 Å². The summed E-state index contributed by atoms with van der Waals surface area (Å²) in [7, 11) is 0. The van der Waals surface area contributed by atoms with Gasteiger partial charge in [-0.1, -0.05) is 25.8 Å². The van der Waals surface area contributed by atoms with Crippen molar-refractivity contribution in [3.8, 4) is 11.5 Å². The standard InChI is InChI=1S/C21H30N2O3/c1-15(16-6-2-3-7-16)21(24)22-13-18(23-10-4-5-11-23)17-8-9-19-20(12-17)26-14-25-19/h8-9,12,15-16,18H,2-7,10-11,13-14H2,1H3,(H,22,24). The van der Waals surface area contributed by atoms with Gasteiger partial charge in [0.2, 0.25) is 12.7 Å². The van der Waals surface area contributed by atoms with Crippen LogP contribution in [0.5, 0.6) is 11.5 Å². The first-order valence-corrected chi connectivity index (χ1v) is 10.1. The van der Waals surface area contributed by atoms with E-state index in [2.05, 4.69) is 29.3 Å². The molecule has 1 amide bonds. The number of fused-ring (bicyclic) bond motifs is 1. The van der Waals surface area contributed by atoms with Crippen LogP contribution in [-0.4, -0.2) is 37.2 Å². The van der Waals surface area contributed by atoms with Crippen LogP contribution in [0.2, 0.25) is 0 Å². The topological polar surface area (TPSA) is 50.8 Å². The van der Waals surface area contributed by atoms with Crippen LogP contribution in [0, 0.1) is 11.8 Å². The first-order valence-electron chi connectivity index (χ1n) is 10.1. The maximum atomic E-state index is 12.7. The molecule has 0 spiro atoms. The van der Waals surface area contributed by atoms with Crippen LogP contribution in [-0.2, 0) is 4.79 Å². The van der Waals surface area contributed by atoms with Crippen molar-refractivity contribution in [2.45, 2.75) is 51.5 Å². The van der Waals surface area contributed by atoms with Crippen molar-refractivity contribution < 1.29 is 14.3 Å². The van der Waals surface area contributed by atoms with E-state index in [9.17, 15) is 4.79 Å². The fraction of sp³-hybridized carbons (Fsp3) is 0.667. The van der Waals surface area contributed by atoms with E-state index in [1.54, 1.807) is 0 Å². The average molecular weight is 358 g/mol. The average Bonchev–Trinajstić information content (AvgIpc) is 3.42. The molecule has 5 heteroatoms. The Morgan fingerprint density at radius 2 is 1.88 bits per heavy atom. The van der Waals surface area contributed by atoms with Crippen molar-refractivity contribution in [2.75, 3.05) is 26.4 Å². The molecule has 1 aromatic carbocycles. The summed E-state index contributed by atoms with van der Waals surface area (Å²) < 4.78 is 11.0. The Kier molecular flexibility index (Phi) is 5.34. The summed E-state index contributed by atoms with van der Waals surface area (Å²) >= 11 is 0. The summed E-state index contributed by atoms with van der Waals surface area (Å²) in [5.74, 6) is 2.52. The van der Waals surface area contributed by atoms with E-state index < -0.39 is 0 Å². The van der Waals surface area contributed by atoms with Gasteiger partial charge in [0.15, 0.2) is 11.5 Å². The Bertz CT molecular complexity index is 636. The molecular weight excluding hydrogens is 328 g/mol. The van der Waals surface area contributed by atoms with E-state index in [4.69, 9.17) is 9.47 Å². The van der Waals surface area contributed by atoms with Gasteiger partial charge in [0.05, 0.1) is 6.04 Å². The highest BCUT2D eigenvalue weighted by atomic mass is 16.7. The lowest BCUT2D eigenvalue weighted by Gasteiger charge is -2.29. The van der Waals surface area contributed by atoms with Crippen molar-refractivity contribution >= 4 is 5.91 Å². The van der Waals surface area contributed by atoms with Crippen LogP contribution in [0.15, 0.2) is 18.2 Å².